The SMILES string of the molecule is CC[C@H]1CSC2=N[C@H](c3ccccn3)[C@@H](c3cccnc3)N21. The van der Waals surface area contributed by atoms with Crippen molar-refractivity contribution in [1.29, 1.82) is 0 Å². The van der Waals surface area contributed by atoms with Crippen LogP contribution in [0.3, 0.4) is 0 Å². The van der Waals surface area contributed by atoms with Crippen molar-refractivity contribution in [2.45, 2.75) is 31.5 Å². The van der Waals surface area contributed by atoms with Gasteiger partial charge in [-0.25, -0.2) is 0 Å². The fourth-order valence-corrected chi connectivity index (χ4v) is 4.60. The second-order valence-corrected chi connectivity index (χ2v) is 6.61. The lowest BCUT2D eigenvalue weighted by Gasteiger charge is -2.31. The lowest BCUT2D eigenvalue weighted by molar-refractivity contribution is 0.255. The van der Waals surface area contributed by atoms with Crippen molar-refractivity contribution in [1.82, 2.24) is 14.9 Å². The number of hydrogen-bond donors (Lipinski definition) is 0. The van der Waals surface area contributed by atoms with E-state index in [-0.39, 0.29) is 12.1 Å². The van der Waals surface area contributed by atoms with Crippen molar-refractivity contribution < 1.29 is 0 Å². The van der Waals surface area contributed by atoms with Crippen molar-refractivity contribution in [2.24, 2.45) is 4.99 Å². The van der Waals surface area contributed by atoms with E-state index in [9.17, 15) is 0 Å². The molecule has 0 radical (unpaired) electrons. The minimum Gasteiger partial charge on any atom is -0.338 e. The molecule has 0 bridgehead atoms. The second-order valence-electron chi connectivity index (χ2n) is 5.62. The molecular formula is C17H18N4S. The molecule has 4 rings (SSSR count). The van der Waals surface area contributed by atoms with Crippen molar-refractivity contribution in [3.05, 3.63) is 60.2 Å². The molecule has 0 unspecified atom stereocenters. The van der Waals surface area contributed by atoms with Gasteiger partial charge in [-0.2, -0.15) is 0 Å². The molecule has 5 heteroatoms. The Hall–Kier alpha value is -1.88. The third-order valence-electron chi connectivity index (χ3n) is 4.36. The topological polar surface area (TPSA) is 41.4 Å². The van der Waals surface area contributed by atoms with E-state index in [1.165, 1.54) is 5.56 Å². The van der Waals surface area contributed by atoms with Gasteiger partial charge < -0.3 is 4.90 Å². The highest BCUT2D eigenvalue weighted by Crippen LogP contribution is 2.48. The Bertz CT molecular complexity index is 674. The fourth-order valence-electron chi connectivity index (χ4n) is 3.26. The van der Waals surface area contributed by atoms with Crippen LogP contribution in [-0.2, 0) is 0 Å². The zero-order valence-corrected chi connectivity index (χ0v) is 13.3. The summed E-state index contributed by atoms with van der Waals surface area (Å²) in [5, 5.41) is 1.16. The van der Waals surface area contributed by atoms with Gasteiger partial charge in [0.15, 0.2) is 5.17 Å². The van der Waals surface area contributed by atoms with Crippen LogP contribution in [0.1, 0.15) is 36.7 Å². The van der Waals surface area contributed by atoms with Crippen LogP contribution in [0.5, 0.6) is 0 Å². The van der Waals surface area contributed by atoms with E-state index >= 15 is 0 Å². The van der Waals surface area contributed by atoms with E-state index in [4.69, 9.17) is 4.99 Å². The molecule has 2 aliphatic heterocycles. The summed E-state index contributed by atoms with van der Waals surface area (Å²) in [6, 6.07) is 11.0. The maximum atomic E-state index is 4.99. The van der Waals surface area contributed by atoms with Gasteiger partial charge in [0.05, 0.1) is 11.7 Å². The molecule has 4 nitrogen and oxygen atoms in total. The summed E-state index contributed by atoms with van der Waals surface area (Å²) in [5.41, 5.74) is 2.26. The van der Waals surface area contributed by atoms with Gasteiger partial charge >= 0.3 is 0 Å². The van der Waals surface area contributed by atoms with Crippen molar-refractivity contribution >= 4 is 16.9 Å². The first-order chi connectivity index (χ1) is 10.9. The maximum absolute atomic E-state index is 4.99. The summed E-state index contributed by atoms with van der Waals surface area (Å²) >= 11 is 1.87. The monoisotopic (exact) mass is 310 g/mol. The lowest BCUT2D eigenvalue weighted by Crippen LogP contribution is -2.35. The van der Waals surface area contributed by atoms with Crippen molar-refractivity contribution in [3.63, 3.8) is 0 Å². The smallest absolute Gasteiger partial charge is 0.160 e. The van der Waals surface area contributed by atoms with Gasteiger partial charge in [-0.3, -0.25) is 15.0 Å². The quantitative estimate of drug-likeness (QED) is 0.870. The minimum absolute atomic E-state index is 0.0576. The summed E-state index contributed by atoms with van der Waals surface area (Å²) in [6.07, 6.45) is 6.78. The third-order valence-corrected chi connectivity index (χ3v) is 5.48. The molecule has 1 fully saturated rings. The van der Waals surface area contributed by atoms with Crippen LogP contribution in [-0.4, -0.2) is 31.8 Å². The molecule has 2 aromatic heterocycles. The van der Waals surface area contributed by atoms with Crippen molar-refractivity contribution in [3.8, 4) is 0 Å². The second kappa shape index (κ2) is 5.72. The number of aromatic nitrogens is 2. The van der Waals surface area contributed by atoms with E-state index in [1.807, 2.05) is 48.6 Å². The predicted molar refractivity (Wildman–Crippen MR) is 89.8 cm³/mol. The van der Waals surface area contributed by atoms with Crippen LogP contribution >= 0.6 is 11.8 Å². The van der Waals surface area contributed by atoms with Crippen LogP contribution in [0.25, 0.3) is 0 Å². The van der Waals surface area contributed by atoms with E-state index in [1.54, 1.807) is 0 Å². The highest BCUT2D eigenvalue weighted by Gasteiger charge is 2.45. The van der Waals surface area contributed by atoms with Gasteiger partial charge in [-0.15, -0.1) is 0 Å². The van der Waals surface area contributed by atoms with Gasteiger partial charge in [0.25, 0.3) is 0 Å². The Morgan fingerprint density at radius 3 is 2.91 bits per heavy atom. The molecule has 112 valence electrons. The summed E-state index contributed by atoms with van der Waals surface area (Å²) in [5.74, 6) is 1.13. The molecule has 0 amide bonds. The third kappa shape index (κ3) is 2.20. The zero-order chi connectivity index (χ0) is 14.9. The molecule has 0 N–H and O–H groups in total. The number of aliphatic imine (C=N–C) groups is 1. The van der Waals surface area contributed by atoms with Gasteiger partial charge in [0.1, 0.15) is 6.04 Å². The molecule has 3 atom stereocenters. The molecule has 2 aliphatic rings. The number of thioether (sulfide) groups is 1. The minimum atomic E-state index is 0.0576. The molecule has 1 saturated heterocycles. The molecule has 4 heterocycles. The first-order valence-electron chi connectivity index (χ1n) is 7.68. The summed E-state index contributed by atoms with van der Waals surface area (Å²) in [7, 11) is 0. The Kier molecular flexibility index (Phi) is 3.58. The maximum Gasteiger partial charge on any atom is 0.160 e. The van der Waals surface area contributed by atoms with Crippen LogP contribution in [0.2, 0.25) is 0 Å². The average molecular weight is 310 g/mol. The molecule has 22 heavy (non-hydrogen) atoms. The molecular weight excluding hydrogens is 292 g/mol. The zero-order valence-electron chi connectivity index (χ0n) is 12.5. The predicted octanol–water partition coefficient (Wildman–Crippen LogP) is 3.46. The van der Waals surface area contributed by atoms with Gasteiger partial charge in [0.2, 0.25) is 0 Å². The van der Waals surface area contributed by atoms with Crippen LogP contribution in [0.4, 0.5) is 0 Å². The Balaban J connectivity index is 1.79. The first-order valence-corrected chi connectivity index (χ1v) is 8.67. The molecule has 2 aromatic rings. The standard InChI is InChI=1S/C17H18N4S/c1-2-13-11-22-17-20-15(14-7-3-4-9-19-14)16(21(13)17)12-6-5-8-18-10-12/h3-10,13,15-16H,2,11H2,1H3/t13-,15+,16+/m0/s1. The first kappa shape index (κ1) is 13.8. The fraction of sp³-hybridized carbons (Fsp3) is 0.353. The Labute approximate surface area is 134 Å². The summed E-state index contributed by atoms with van der Waals surface area (Å²) in [6.45, 7) is 2.25. The summed E-state index contributed by atoms with van der Waals surface area (Å²) < 4.78 is 0. The van der Waals surface area contributed by atoms with Crippen LogP contribution < -0.4 is 0 Å². The van der Waals surface area contributed by atoms with E-state index < -0.39 is 0 Å². The van der Waals surface area contributed by atoms with E-state index in [0.29, 0.717) is 6.04 Å². The van der Waals surface area contributed by atoms with Gasteiger partial charge in [-0.05, 0) is 30.2 Å². The largest absolute Gasteiger partial charge is 0.338 e. The molecule has 0 saturated carbocycles. The number of rotatable bonds is 3. The number of pyridine rings is 2. The average Bonchev–Trinajstić information content (AvgIpc) is 3.15. The van der Waals surface area contributed by atoms with Crippen LogP contribution in [0.15, 0.2) is 53.9 Å². The summed E-state index contributed by atoms with van der Waals surface area (Å²) in [4.78, 5) is 16.3. The highest BCUT2D eigenvalue weighted by molar-refractivity contribution is 8.14. The molecule has 0 aliphatic carbocycles. The van der Waals surface area contributed by atoms with Crippen molar-refractivity contribution in [2.75, 3.05) is 5.75 Å². The number of amidine groups is 1. The lowest BCUT2D eigenvalue weighted by atomic mass is 9.96. The normalized spacial score (nSPS) is 26.9. The Morgan fingerprint density at radius 1 is 1.23 bits per heavy atom. The number of fused-ring (bicyclic) bond motifs is 1. The van der Waals surface area contributed by atoms with Gasteiger partial charge in [-0.1, -0.05) is 30.8 Å². The van der Waals surface area contributed by atoms with Crippen LogP contribution in [0, 0.1) is 0 Å². The van der Waals surface area contributed by atoms with E-state index in [0.717, 1.165) is 23.0 Å². The number of hydrogen-bond acceptors (Lipinski definition) is 5. The number of nitrogens with zero attached hydrogens (tertiary/aromatic N) is 4. The molecule has 0 spiro atoms. The highest BCUT2D eigenvalue weighted by atomic mass is 32.2. The molecule has 0 aromatic carbocycles. The Morgan fingerprint density at radius 2 is 2.18 bits per heavy atom. The van der Waals surface area contributed by atoms with E-state index in [2.05, 4.69) is 33.9 Å². The van der Waals surface area contributed by atoms with Gasteiger partial charge in [0, 0.05) is 30.4 Å².